The number of halogens is 3. The van der Waals surface area contributed by atoms with Gasteiger partial charge in [-0.15, -0.1) is 0 Å². The van der Waals surface area contributed by atoms with E-state index >= 15 is 0 Å². The van der Waals surface area contributed by atoms with Crippen molar-refractivity contribution in [2.24, 2.45) is 0 Å². The fourth-order valence-corrected chi connectivity index (χ4v) is 2.30. The molecule has 0 heterocycles. The number of ether oxygens (including phenoxy) is 1. The number of rotatable bonds is 5. The fourth-order valence-electron chi connectivity index (χ4n) is 1.84. The molecule has 116 valence electrons. The fraction of sp³-hybridized carbons (Fsp3) is 0.188. The molecule has 0 saturated heterocycles. The van der Waals surface area contributed by atoms with E-state index in [1.54, 1.807) is 37.4 Å². The van der Waals surface area contributed by atoms with Crippen LogP contribution in [0, 0.1) is 5.82 Å². The highest BCUT2D eigenvalue weighted by Crippen LogP contribution is 2.27. The highest BCUT2D eigenvalue weighted by molar-refractivity contribution is 6.35. The zero-order valence-corrected chi connectivity index (χ0v) is 13.4. The van der Waals surface area contributed by atoms with Crippen molar-refractivity contribution < 1.29 is 13.9 Å². The van der Waals surface area contributed by atoms with Crippen LogP contribution < -0.4 is 4.74 Å². The Morgan fingerprint density at radius 1 is 1.23 bits per heavy atom. The summed E-state index contributed by atoms with van der Waals surface area (Å²) in [6.45, 7) is 0.140. The first-order valence-corrected chi connectivity index (χ1v) is 7.27. The second-order valence-corrected chi connectivity index (χ2v) is 5.59. The van der Waals surface area contributed by atoms with E-state index < -0.39 is 0 Å². The third kappa shape index (κ3) is 4.61. The monoisotopic (exact) mass is 341 g/mol. The van der Waals surface area contributed by atoms with Crippen LogP contribution in [-0.4, -0.2) is 24.5 Å². The van der Waals surface area contributed by atoms with Crippen LogP contribution in [0.2, 0.25) is 10.0 Å². The van der Waals surface area contributed by atoms with E-state index in [4.69, 9.17) is 27.9 Å². The third-order valence-electron chi connectivity index (χ3n) is 2.98. The first-order chi connectivity index (χ1) is 10.5. The molecule has 0 fully saturated rings. The Morgan fingerprint density at radius 2 is 2.00 bits per heavy atom. The van der Waals surface area contributed by atoms with Gasteiger partial charge in [-0.3, -0.25) is 4.79 Å². The maximum Gasteiger partial charge on any atom is 0.260 e. The summed E-state index contributed by atoms with van der Waals surface area (Å²) in [7, 11) is 1.63. The molecular weight excluding hydrogens is 328 g/mol. The van der Waals surface area contributed by atoms with Crippen molar-refractivity contribution in [3.05, 3.63) is 63.9 Å². The predicted molar refractivity (Wildman–Crippen MR) is 84.8 cm³/mol. The quantitative estimate of drug-likeness (QED) is 0.816. The molecule has 0 aliphatic rings. The highest BCUT2D eigenvalue weighted by atomic mass is 35.5. The summed E-state index contributed by atoms with van der Waals surface area (Å²) in [6.07, 6.45) is 0. The number of carbonyl (C=O) groups is 1. The Bertz CT molecular complexity index is 679. The van der Waals surface area contributed by atoms with Crippen molar-refractivity contribution in [1.29, 1.82) is 0 Å². The van der Waals surface area contributed by atoms with Gasteiger partial charge in [0.1, 0.15) is 11.6 Å². The van der Waals surface area contributed by atoms with Gasteiger partial charge in [0, 0.05) is 18.6 Å². The van der Waals surface area contributed by atoms with Gasteiger partial charge in [-0.2, -0.15) is 0 Å². The Balaban J connectivity index is 1.91. The smallest absolute Gasteiger partial charge is 0.260 e. The Labute approximate surface area is 138 Å². The SMILES string of the molecule is CN(Cc1cccc(F)c1)C(=O)COc1ccc(Cl)cc1Cl. The molecule has 0 N–H and O–H groups in total. The van der Waals surface area contributed by atoms with Crippen molar-refractivity contribution >= 4 is 29.1 Å². The lowest BCUT2D eigenvalue weighted by Gasteiger charge is -2.18. The number of carbonyl (C=O) groups excluding carboxylic acids is 1. The molecule has 0 atom stereocenters. The molecular formula is C16H14Cl2FNO2. The van der Waals surface area contributed by atoms with Crippen molar-refractivity contribution in [3.8, 4) is 5.75 Å². The third-order valence-corrected chi connectivity index (χ3v) is 3.51. The minimum atomic E-state index is -0.331. The Morgan fingerprint density at radius 3 is 2.68 bits per heavy atom. The van der Waals surface area contributed by atoms with Gasteiger partial charge in [0.15, 0.2) is 6.61 Å². The summed E-state index contributed by atoms with van der Waals surface area (Å²) in [4.78, 5) is 13.5. The van der Waals surface area contributed by atoms with Crippen molar-refractivity contribution in [1.82, 2.24) is 4.90 Å². The van der Waals surface area contributed by atoms with Gasteiger partial charge >= 0.3 is 0 Å². The van der Waals surface area contributed by atoms with E-state index in [0.717, 1.165) is 0 Å². The number of hydrogen-bond acceptors (Lipinski definition) is 2. The number of likely N-dealkylation sites (N-methyl/N-ethyl adjacent to an activating group) is 1. The van der Waals surface area contributed by atoms with E-state index in [-0.39, 0.29) is 18.3 Å². The maximum atomic E-state index is 13.1. The normalized spacial score (nSPS) is 10.4. The second-order valence-electron chi connectivity index (χ2n) is 4.74. The van der Waals surface area contributed by atoms with Gasteiger partial charge in [-0.25, -0.2) is 4.39 Å². The minimum absolute atomic E-state index is 0.160. The first-order valence-electron chi connectivity index (χ1n) is 6.52. The molecule has 0 aliphatic heterocycles. The van der Waals surface area contributed by atoms with E-state index in [0.29, 0.717) is 27.9 Å². The lowest BCUT2D eigenvalue weighted by atomic mass is 10.2. The van der Waals surface area contributed by atoms with E-state index in [1.807, 2.05) is 0 Å². The number of hydrogen-bond donors (Lipinski definition) is 0. The van der Waals surface area contributed by atoms with Crippen LogP contribution in [0.4, 0.5) is 4.39 Å². The molecule has 22 heavy (non-hydrogen) atoms. The molecule has 0 saturated carbocycles. The summed E-state index contributed by atoms with van der Waals surface area (Å²) in [6, 6.07) is 10.9. The largest absolute Gasteiger partial charge is 0.482 e. The first kappa shape index (κ1) is 16.6. The molecule has 1 amide bonds. The highest BCUT2D eigenvalue weighted by Gasteiger charge is 2.12. The number of amides is 1. The zero-order valence-electron chi connectivity index (χ0n) is 11.9. The number of benzene rings is 2. The molecule has 0 radical (unpaired) electrons. The molecule has 0 unspecified atom stereocenters. The topological polar surface area (TPSA) is 29.5 Å². The van der Waals surface area contributed by atoms with E-state index in [9.17, 15) is 9.18 Å². The predicted octanol–water partition coefficient (Wildman–Crippen LogP) is 4.17. The van der Waals surface area contributed by atoms with E-state index in [1.165, 1.54) is 17.0 Å². The van der Waals surface area contributed by atoms with Crippen LogP contribution >= 0.6 is 23.2 Å². The van der Waals surface area contributed by atoms with Gasteiger partial charge in [0.2, 0.25) is 0 Å². The van der Waals surface area contributed by atoms with Crippen LogP contribution in [0.15, 0.2) is 42.5 Å². The molecule has 3 nitrogen and oxygen atoms in total. The van der Waals surface area contributed by atoms with Gasteiger partial charge in [-0.1, -0.05) is 35.3 Å². The van der Waals surface area contributed by atoms with Gasteiger partial charge in [-0.05, 0) is 35.9 Å². The van der Waals surface area contributed by atoms with Crippen LogP contribution in [-0.2, 0) is 11.3 Å². The van der Waals surface area contributed by atoms with Crippen molar-refractivity contribution in [3.63, 3.8) is 0 Å². The molecule has 6 heteroatoms. The standard InChI is InChI=1S/C16H14Cl2FNO2/c1-20(9-11-3-2-4-13(19)7-11)16(21)10-22-15-6-5-12(17)8-14(15)18/h2-8H,9-10H2,1H3. The molecule has 0 aromatic heterocycles. The lowest BCUT2D eigenvalue weighted by Crippen LogP contribution is -2.31. The number of nitrogens with zero attached hydrogens (tertiary/aromatic N) is 1. The Hall–Kier alpha value is -1.78. The average Bonchev–Trinajstić information content (AvgIpc) is 2.46. The lowest BCUT2D eigenvalue weighted by molar-refractivity contribution is -0.132. The van der Waals surface area contributed by atoms with Gasteiger partial charge in [0.25, 0.3) is 5.91 Å². The summed E-state index contributed by atoms with van der Waals surface area (Å²) in [5.74, 6) is -0.184. The Kier molecular flexibility index (Phi) is 5.63. The summed E-state index contributed by atoms with van der Waals surface area (Å²) < 4.78 is 18.5. The average molecular weight is 342 g/mol. The van der Waals surface area contributed by atoms with Crippen LogP contribution in [0.5, 0.6) is 5.75 Å². The molecule has 0 aliphatic carbocycles. The molecule has 0 spiro atoms. The minimum Gasteiger partial charge on any atom is -0.482 e. The van der Waals surface area contributed by atoms with Crippen LogP contribution in [0.25, 0.3) is 0 Å². The molecule has 2 rings (SSSR count). The van der Waals surface area contributed by atoms with E-state index in [2.05, 4.69) is 0 Å². The molecule has 2 aromatic rings. The molecule has 2 aromatic carbocycles. The van der Waals surface area contributed by atoms with Gasteiger partial charge in [0.05, 0.1) is 5.02 Å². The van der Waals surface area contributed by atoms with Crippen LogP contribution in [0.1, 0.15) is 5.56 Å². The van der Waals surface area contributed by atoms with Gasteiger partial charge < -0.3 is 9.64 Å². The second kappa shape index (κ2) is 7.47. The summed E-state index contributed by atoms with van der Waals surface area (Å²) >= 11 is 11.8. The zero-order chi connectivity index (χ0) is 16.1. The maximum absolute atomic E-state index is 13.1. The van der Waals surface area contributed by atoms with Crippen LogP contribution in [0.3, 0.4) is 0 Å². The summed E-state index contributed by atoms with van der Waals surface area (Å²) in [5.41, 5.74) is 0.709. The summed E-state index contributed by atoms with van der Waals surface area (Å²) in [5, 5.41) is 0.833. The molecule has 0 bridgehead atoms. The van der Waals surface area contributed by atoms with Crippen molar-refractivity contribution in [2.45, 2.75) is 6.54 Å². The van der Waals surface area contributed by atoms with Crippen molar-refractivity contribution in [2.75, 3.05) is 13.7 Å².